The third-order valence-corrected chi connectivity index (χ3v) is 17.4. The van der Waals surface area contributed by atoms with E-state index in [-0.39, 0.29) is 57.8 Å². The summed E-state index contributed by atoms with van der Waals surface area (Å²) in [6.07, 6.45) is -4.00. The highest BCUT2D eigenvalue weighted by Gasteiger charge is 2.49. The largest absolute Gasteiger partial charge is 0.462 e. The van der Waals surface area contributed by atoms with Crippen LogP contribution in [0.2, 0.25) is 25.7 Å². The van der Waals surface area contributed by atoms with E-state index in [2.05, 4.69) is 35.6 Å². The fourth-order valence-electron chi connectivity index (χ4n) is 10.2. The Kier molecular flexibility index (Phi) is 32.8. The highest BCUT2D eigenvalue weighted by atomic mass is 28.3. The van der Waals surface area contributed by atoms with E-state index >= 15 is 0 Å². The van der Waals surface area contributed by atoms with Crippen LogP contribution in [0.1, 0.15) is 85.5 Å². The topological polar surface area (TPSA) is 415 Å². The first-order valence-electron chi connectivity index (χ1n) is 30.4. The summed E-state index contributed by atoms with van der Waals surface area (Å²) in [5.74, 6) is -3.92. The number of aliphatic hydroxyl groups is 13. The van der Waals surface area contributed by atoms with E-state index in [1.807, 2.05) is 13.0 Å². The Morgan fingerprint density at radius 3 is 1.89 bits per heavy atom. The van der Waals surface area contributed by atoms with Gasteiger partial charge in [0.2, 0.25) is 0 Å². The van der Waals surface area contributed by atoms with Crippen molar-refractivity contribution >= 4 is 26.2 Å². The highest BCUT2D eigenvalue weighted by Crippen LogP contribution is 2.35. The molecule has 502 valence electrons. The van der Waals surface area contributed by atoms with Gasteiger partial charge in [-0.15, -0.1) is 0 Å². The lowest BCUT2D eigenvalue weighted by molar-refractivity contribution is -0.299. The number of alkyl carbamates (subject to hydrolysis) is 1. The SMILES string of the molecule is C[C@@H]1[C@H](O)[C@@H](C)/C=C/C=C/C=C/C=C/C=C/C=C/C=C/[C@H](O[C@@H]2OC[C@@H](O)[C@H](NC(=O)OCC[Si](C)(C)C)[C@@H]2O)C[C@@H]2O[C@](O)(C[C@@H](O)C[C@@H](O)[C@H](O)CC[C@@H](O)C[C@@H](O)CC(=O)O[C@H]1C)C[C@H](O)[C@H]2NC(=O)NCCCO[C@H]1O[C@H](C)[C@@H](O)[C@H](O)[C@@H]1O. The molecule has 0 radical (unpaired) electrons. The predicted molar refractivity (Wildman–Crippen MR) is 323 cm³/mol. The van der Waals surface area contributed by atoms with E-state index in [9.17, 15) is 80.8 Å². The Hall–Kier alpha value is -4.31. The van der Waals surface area contributed by atoms with Gasteiger partial charge in [-0.05, 0) is 45.6 Å². The van der Waals surface area contributed by atoms with Crippen LogP contribution in [0.4, 0.5) is 9.59 Å². The number of carbonyl (C=O) groups excluding carboxylic acids is 3. The molecule has 2 bridgehead atoms. The Morgan fingerprint density at radius 1 is 0.625 bits per heavy atom. The average molecular weight is 1270 g/mol. The third kappa shape index (κ3) is 26.9. The second kappa shape index (κ2) is 37.9. The Bertz CT molecular complexity index is 2300. The molecule has 0 unspecified atom stereocenters. The van der Waals surface area contributed by atoms with Gasteiger partial charge >= 0.3 is 18.1 Å². The molecule has 0 spiro atoms. The van der Waals surface area contributed by atoms with Gasteiger partial charge in [-0.2, -0.15) is 0 Å². The van der Waals surface area contributed by atoms with E-state index in [4.69, 9.17) is 33.2 Å². The van der Waals surface area contributed by atoms with Crippen LogP contribution in [0, 0.1) is 11.8 Å². The standard InChI is InChI=1S/C61H101N3O23Si/c1-36-21-18-16-14-12-10-8-9-11-13-15-17-19-22-43(86-57-54(75)51(47(71)35-83-57)64-60(79)82-27-28-88(5,6)7)32-48-50(63-59(78)62-25-20-26-81-58-56(77)55(76)53(74)39(4)85-58)46(70)34-61(80,87-48)33-42(67)30-45(69)44(68)24-23-40(65)29-41(66)31-49(72)84-38(3)37(2)52(36)73/h8-19,21-22,36-48,50-58,65-71,73-77,80H,20,23-35H2,1-7H3,(H,64,79)(H2,62,63,78)/b9-8+,12-10+,13-11+,16-14+,17-15+,21-18+,22-19+/t36-,37-,38-,39+,40+,41+,42-,43-,44+,45+,46-,47+,48-,50+,51-,52+,53+,54-,55-,56-,57-,58-,61+/m0/s1. The molecule has 4 aliphatic heterocycles. The molecular formula is C61H101N3O23Si. The fourth-order valence-corrected chi connectivity index (χ4v) is 10.9. The molecule has 23 atom stereocenters. The zero-order chi connectivity index (χ0) is 65.3. The summed E-state index contributed by atoms with van der Waals surface area (Å²) < 4.78 is 40.3. The lowest BCUT2D eigenvalue weighted by Crippen LogP contribution is -2.63. The number of hydrogen-bond acceptors (Lipinski definition) is 23. The number of carbonyl (C=O) groups is 3. The van der Waals surface area contributed by atoms with Crippen molar-refractivity contribution < 1.29 is 114 Å². The summed E-state index contributed by atoms with van der Waals surface area (Å²) in [6.45, 7) is 12.6. The lowest BCUT2D eigenvalue weighted by atomic mass is 9.87. The Balaban J connectivity index is 1.62. The molecule has 3 amide bonds. The smallest absolute Gasteiger partial charge is 0.407 e. The summed E-state index contributed by atoms with van der Waals surface area (Å²) in [7, 11) is -1.60. The van der Waals surface area contributed by atoms with Crippen LogP contribution in [0.25, 0.3) is 0 Å². The summed E-state index contributed by atoms with van der Waals surface area (Å²) in [5.41, 5.74) is 0. The highest BCUT2D eigenvalue weighted by molar-refractivity contribution is 6.76. The van der Waals surface area contributed by atoms with Gasteiger partial charge in [-0.3, -0.25) is 4.79 Å². The Labute approximate surface area is 516 Å². The number of amides is 3. The van der Waals surface area contributed by atoms with Crippen molar-refractivity contribution in [1.29, 1.82) is 0 Å². The van der Waals surface area contributed by atoms with Crippen molar-refractivity contribution in [2.45, 2.75) is 239 Å². The molecule has 4 aliphatic rings. The second-order valence-corrected chi connectivity index (χ2v) is 30.3. The predicted octanol–water partition coefficient (Wildman–Crippen LogP) is 0.630. The molecule has 0 saturated carbocycles. The number of cyclic esters (lactones) is 1. The van der Waals surface area contributed by atoms with Gasteiger partial charge in [0.05, 0.1) is 99.4 Å². The van der Waals surface area contributed by atoms with Crippen molar-refractivity contribution in [3.8, 4) is 0 Å². The number of nitrogens with one attached hydrogen (secondary N) is 3. The summed E-state index contributed by atoms with van der Waals surface area (Å²) in [4.78, 5) is 39.3. The second-order valence-electron chi connectivity index (χ2n) is 24.6. The van der Waals surface area contributed by atoms with E-state index in [0.29, 0.717) is 6.04 Å². The van der Waals surface area contributed by atoms with Crippen LogP contribution in [0.5, 0.6) is 0 Å². The van der Waals surface area contributed by atoms with Crippen molar-refractivity contribution in [2.75, 3.05) is 26.4 Å². The number of ether oxygens (including phenoxy) is 7. The van der Waals surface area contributed by atoms with Crippen LogP contribution >= 0.6 is 0 Å². The van der Waals surface area contributed by atoms with Crippen LogP contribution in [-0.4, -0.2) is 247 Å². The first-order chi connectivity index (χ1) is 41.5. The number of fused-ring (bicyclic) bond motifs is 2. The van der Waals surface area contributed by atoms with Crippen molar-refractivity contribution in [1.82, 2.24) is 16.0 Å². The van der Waals surface area contributed by atoms with Crippen molar-refractivity contribution in [3.05, 3.63) is 85.1 Å². The zero-order valence-electron chi connectivity index (χ0n) is 51.6. The number of rotatable bonds is 12. The molecule has 0 aromatic carbocycles. The number of hydrogen-bond donors (Lipinski definition) is 16. The fraction of sp³-hybridized carbons (Fsp3) is 0.721. The molecule has 26 nitrogen and oxygen atoms in total. The van der Waals surface area contributed by atoms with Gasteiger partial charge < -0.3 is 115 Å². The summed E-state index contributed by atoms with van der Waals surface area (Å²) >= 11 is 0. The quantitative estimate of drug-likeness (QED) is 0.0724. The van der Waals surface area contributed by atoms with Crippen molar-refractivity contribution in [3.63, 3.8) is 0 Å². The number of urea groups is 1. The van der Waals surface area contributed by atoms with Crippen LogP contribution < -0.4 is 16.0 Å². The Morgan fingerprint density at radius 2 is 1.25 bits per heavy atom. The minimum Gasteiger partial charge on any atom is -0.462 e. The molecule has 3 saturated heterocycles. The maximum Gasteiger partial charge on any atom is 0.407 e. The third-order valence-electron chi connectivity index (χ3n) is 15.7. The molecule has 3 fully saturated rings. The molecule has 88 heavy (non-hydrogen) atoms. The van der Waals surface area contributed by atoms with Gasteiger partial charge in [0.25, 0.3) is 0 Å². The molecule has 4 heterocycles. The zero-order valence-corrected chi connectivity index (χ0v) is 52.6. The molecule has 16 N–H and O–H groups in total. The summed E-state index contributed by atoms with van der Waals surface area (Å²) in [6, 6.07) is -2.83. The van der Waals surface area contributed by atoms with Crippen LogP contribution in [0.15, 0.2) is 85.1 Å². The maximum absolute atomic E-state index is 13.6. The van der Waals surface area contributed by atoms with Crippen LogP contribution in [-0.2, 0) is 38.0 Å². The molecule has 27 heteroatoms. The van der Waals surface area contributed by atoms with E-state index < -0.39 is 192 Å². The first-order valence-corrected chi connectivity index (χ1v) is 34.1. The van der Waals surface area contributed by atoms with Crippen LogP contribution in [0.3, 0.4) is 0 Å². The maximum atomic E-state index is 13.6. The van der Waals surface area contributed by atoms with E-state index in [0.717, 1.165) is 0 Å². The molecule has 0 aliphatic carbocycles. The molecular weight excluding hydrogens is 1170 g/mol. The summed E-state index contributed by atoms with van der Waals surface area (Å²) in [5, 5.41) is 150. The molecule has 0 aromatic heterocycles. The van der Waals surface area contributed by atoms with Gasteiger partial charge in [-0.25, -0.2) is 9.59 Å². The number of esters is 1. The van der Waals surface area contributed by atoms with Gasteiger partial charge in [0, 0.05) is 52.1 Å². The monoisotopic (exact) mass is 1270 g/mol. The average Bonchev–Trinajstić information content (AvgIpc) is 1.80. The minimum absolute atomic E-state index is 0.0303. The lowest BCUT2D eigenvalue weighted by Gasteiger charge is -2.46. The van der Waals surface area contributed by atoms with Gasteiger partial charge in [-0.1, -0.05) is 119 Å². The van der Waals surface area contributed by atoms with E-state index in [1.54, 1.807) is 86.8 Å². The first kappa shape index (κ1) is 76.1. The molecule has 4 rings (SSSR count). The number of aliphatic hydroxyl groups excluding tert-OH is 12. The van der Waals surface area contributed by atoms with E-state index in [1.165, 1.54) is 13.0 Å². The van der Waals surface area contributed by atoms with Crippen molar-refractivity contribution in [2.24, 2.45) is 11.8 Å². The minimum atomic E-state index is -2.38. The normalized spacial score (nSPS) is 41.2. The van der Waals surface area contributed by atoms with Gasteiger partial charge in [0.15, 0.2) is 18.4 Å². The number of allylic oxidation sites excluding steroid dienone is 12. The van der Waals surface area contributed by atoms with Gasteiger partial charge in [0.1, 0.15) is 36.6 Å². The molecule has 0 aromatic rings.